The van der Waals surface area contributed by atoms with Crippen molar-refractivity contribution >= 4 is 17.4 Å². The second kappa shape index (κ2) is 7.53. The largest absolute Gasteiger partial charge is 0.477 e. The van der Waals surface area contributed by atoms with Crippen molar-refractivity contribution in [2.75, 3.05) is 31.1 Å². The molecule has 1 fully saturated rings. The Kier molecular flexibility index (Phi) is 5.18. The maximum atomic E-state index is 12.4. The summed E-state index contributed by atoms with van der Waals surface area (Å²) in [6.07, 6.45) is 3.44. The molecule has 2 heterocycles. The Morgan fingerprint density at radius 2 is 1.65 bits per heavy atom. The molecule has 0 amide bonds. The molecule has 1 aliphatic rings. The van der Waals surface area contributed by atoms with Crippen LogP contribution in [0.15, 0.2) is 54.9 Å². The third-order valence-electron chi connectivity index (χ3n) is 4.53. The topological polar surface area (TPSA) is 83.0 Å². The molecule has 7 nitrogen and oxygen atoms in total. The number of aromatic nitrogens is 1. The second-order valence-electron chi connectivity index (χ2n) is 6.10. The van der Waals surface area contributed by atoms with Crippen LogP contribution in [0, 0.1) is 0 Å². The van der Waals surface area contributed by atoms with E-state index in [9.17, 15) is 14.7 Å². The predicted octanol–water partition coefficient (Wildman–Crippen LogP) is 1.65. The first-order chi connectivity index (χ1) is 12.5. The third kappa shape index (κ3) is 3.39. The normalized spacial score (nSPS) is 17.3. The molecule has 7 heteroatoms. The van der Waals surface area contributed by atoms with Gasteiger partial charge in [0, 0.05) is 51.2 Å². The number of rotatable bonds is 6. The van der Waals surface area contributed by atoms with E-state index in [2.05, 4.69) is 9.88 Å². The van der Waals surface area contributed by atoms with Crippen molar-refractivity contribution in [1.82, 2.24) is 9.88 Å². The van der Waals surface area contributed by atoms with Gasteiger partial charge in [0.15, 0.2) is 0 Å². The van der Waals surface area contributed by atoms with E-state index in [4.69, 9.17) is 4.74 Å². The molecule has 2 aromatic rings. The Labute approximate surface area is 151 Å². The van der Waals surface area contributed by atoms with Crippen LogP contribution in [0.4, 0.5) is 5.69 Å². The number of carbonyl (C=O) groups excluding carboxylic acids is 1. The average Bonchev–Trinajstić information content (AvgIpc) is 2.67. The van der Waals surface area contributed by atoms with E-state index in [1.165, 1.54) is 6.92 Å². The van der Waals surface area contributed by atoms with Crippen molar-refractivity contribution in [1.29, 1.82) is 0 Å². The first-order valence-corrected chi connectivity index (χ1v) is 8.42. The number of Topliss-reactive ketones (excluding diaryl/α,β-unsaturated/α-hetero) is 1. The molecule has 1 atom stereocenters. The van der Waals surface area contributed by atoms with Gasteiger partial charge >= 0.3 is 11.7 Å². The number of ether oxygens (including phenoxy) is 1. The molecule has 1 aromatic heterocycles. The van der Waals surface area contributed by atoms with Gasteiger partial charge in [-0.2, -0.15) is 0 Å². The number of benzene rings is 1. The zero-order chi connectivity index (χ0) is 18.6. The van der Waals surface area contributed by atoms with Crippen LogP contribution >= 0.6 is 0 Å². The highest BCUT2D eigenvalue weighted by Gasteiger charge is 2.52. The molecule has 1 aliphatic heterocycles. The number of pyridine rings is 1. The monoisotopic (exact) mass is 355 g/mol. The van der Waals surface area contributed by atoms with Gasteiger partial charge in [-0.1, -0.05) is 18.2 Å². The van der Waals surface area contributed by atoms with Gasteiger partial charge in [-0.05, 0) is 24.3 Å². The quantitative estimate of drug-likeness (QED) is 0.789. The van der Waals surface area contributed by atoms with Gasteiger partial charge in [-0.25, -0.2) is 9.69 Å². The predicted molar refractivity (Wildman–Crippen MR) is 96.1 cm³/mol. The number of piperazine rings is 1. The summed E-state index contributed by atoms with van der Waals surface area (Å²) in [5, 5.41) is 9.88. The first kappa shape index (κ1) is 17.9. The molecule has 0 spiro atoms. The summed E-state index contributed by atoms with van der Waals surface area (Å²) in [6, 6.07) is 12.4. The van der Waals surface area contributed by atoms with Gasteiger partial charge in [-0.15, -0.1) is 0 Å². The Balaban J connectivity index is 1.82. The van der Waals surface area contributed by atoms with Crippen molar-refractivity contribution in [3.63, 3.8) is 0 Å². The summed E-state index contributed by atoms with van der Waals surface area (Å²) in [5.41, 5.74) is -1.00. The van der Waals surface area contributed by atoms with Crippen LogP contribution in [-0.2, 0) is 9.59 Å². The van der Waals surface area contributed by atoms with Crippen molar-refractivity contribution in [2.24, 2.45) is 0 Å². The average molecular weight is 355 g/mol. The lowest BCUT2D eigenvalue weighted by molar-refractivity contribution is -0.181. The molecule has 0 radical (unpaired) electrons. The van der Waals surface area contributed by atoms with Crippen LogP contribution in [0.1, 0.15) is 6.92 Å². The van der Waals surface area contributed by atoms with E-state index < -0.39 is 17.5 Å². The minimum absolute atomic E-state index is 0.349. The highest BCUT2D eigenvalue weighted by atomic mass is 16.6. The lowest BCUT2D eigenvalue weighted by Gasteiger charge is -2.43. The van der Waals surface area contributed by atoms with E-state index in [0.717, 1.165) is 5.69 Å². The summed E-state index contributed by atoms with van der Waals surface area (Å²) in [7, 11) is 0. The Morgan fingerprint density at radius 1 is 1.04 bits per heavy atom. The molecule has 1 N–H and O–H groups in total. The van der Waals surface area contributed by atoms with Crippen LogP contribution in [0.25, 0.3) is 0 Å². The molecule has 3 rings (SSSR count). The van der Waals surface area contributed by atoms with E-state index >= 15 is 0 Å². The number of para-hydroxylation sites is 1. The second-order valence-corrected chi connectivity index (χ2v) is 6.10. The molecule has 1 saturated heterocycles. The number of anilines is 1. The van der Waals surface area contributed by atoms with Crippen molar-refractivity contribution < 1.29 is 19.4 Å². The zero-order valence-corrected chi connectivity index (χ0v) is 14.5. The number of nitrogens with zero attached hydrogens (tertiary/aromatic N) is 3. The Morgan fingerprint density at radius 3 is 2.19 bits per heavy atom. The maximum absolute atomic E-state index is 12.4. The minimum atomic E-state index is -2.02. The molecule has 0 saturated carbocycles. The summed E-state index contributed by atoms with van der Waals surface area (Å²) < 4.78 is 5.75. The minimum Gasteiger partial charge on any atom is -0.477 e. The molecule has 136 valence electrons. The highest BCUT2D eigenvalue weighted by molar-refractivity contribution is 6.05. The van der Waals surface area contributed by atoms with Crippen molar-refractivity contribution in [3.8, 4) is 5.75 Å². The van der Waals surface area contributed by atoms with Gasteiger partial charge in [0.1, 0.15) is 5.75 Å². The van der Waals surface area contributed by atoms with Gasteiger partial charge < -0.3 is 14.7 Å². The summed E-state index contributed by atoms with van der Waals surface area (Å²) in [6.45, 7) is 3.21. The zero-order valence-electron chi connectivity index (χ0n) is 14.5. The molecular formula is C19H21N3O4. The first-order valence-electron chi connectivity index (χ1n) is 8.42. The number of hydrogen-bond donors (Lipinski definition) is 1. The Hall–Kier alpha value is -2.93. The van der Waals surface area contributed by atoms with Crippen molar-refractivity contribution in [2.45, 2.75) is 12.6 Å². The third-order valence-corrected chi connectivity index (χ3v) is 4.53. The lowest BCUT2D eigenvalue weighted by Crippen LogP contribution is -2.67. The molecule has 26 heavy (non-hydrogen) atoms. The number of carbonyl (C=O) groups is 2. The van der Waals surface area contributed by atoms with Crippen LogP contribution in [-0.4, -0.2) is 58.6 Å². The van der Waals surface area contributed by atoms with E-state index in [1.807, 2.05) is 12.1 Å². The van der Waals surface area contributed by atoms with E-state index in [-0.39, 0.29) is 0 Å². The fourth-order valence-corrected chi connectivity index (χ4v) is 3.18. The Bertz CT molecular complexity index is 745. The van der Waals surface area contributed by atoms with Crippen LogP contribution in [0.3, 0.4) is 0 Å². The van der Waals surface area contributed by atoms with Crippen molar-refractivity contribution in [3.05, 3.63) is 54.9 Å². The van der Waals surface area contributed by atoms with E-state index in [0.29, 0.717) is 31.9 Å². The van der Waals surface area contributed by atoms with Crippen LogP contribution in [0.2, 0.25) is 0 Å². The van der Waals surface area contributed by atoms with E-state index in [1.54, 1.807) is 47.6 Å². The standard InChI is InChI=1S/C19H21N3O4/c1-15(23)19(18(24)25,26-17-5-3-2-4-6-17)22-13-11-21(12-14-22)16-7-9-20-10-8-16/h2-10H,11-14H2,1H3,(H,24,25). The number of aliphatic carboxylic acids is 1. The molecule has 0 aliphatic carbocycles. The number of hydrogen-bond acceptors (Lipinski definition) is 6. The van der Waals surface area contributed by atoms with Gasteiger partial charge in [0.25, 0.3) is 0 Å². The fraction of sp³-hybridized carbons (Fsp3) is 0.316. The summed E-state index contributed by atoms with van der Waals surface area (Å²) in [5.74, 6) is -1.50. The number of carboxylic acid groups (broad SMARTS) is 1. The fourth-order valence-electron chi connectivity index (χ4n) is 3.18. The van der Waals surface area contributed by atoms with Gasteiger partial charge in [-0.3, -0.25) is 9.78 Å². The maximum Gasteiger partial charge on any atom is 0.372 e. The van der Waals surface area contributed by atoms with Crippen LogP contribution < -0.4 is 9.64 Å². The highest BCUT2D eigenvalue weighted by Crippen LogP contribution is 2.26. The SMILES string of the molecule is CC(=O)C(Oc1ccccc1)(C(=O)O)N1CCN(c2ccncc2)CC1. The number of carboxylic acids is 1. The molecule has 1 aromatic carbocycles. The summed E-state index contributed by atoms with van der Waals surface area (Å²) >= 11 is 0. The molecule has 0 bridgehead atoms. The lowest BCUT2D eigenvalue weighted by atomic mass is 10.1. The number of ketones is 1. The molecular weight excluding hydrogens is 334 g/mol. The van der Waals surface area contributed by atoms with Gasteiger partial charge in [0.2, 0.25) is 5.78 Å². The van der Waals surface area contributed by atoms with Crippen LogP contribution in [0.5, 0.6) is 5.75 Å². The van der Waals surface area contributed by atoms with Gasteiger partial charge in [0.05, 0.1) is 0 Å². The smallest absolute Gasteiger partial charge is 0.372 e. The summed E-state index contributed by atoms with van der Waals surface area (Å²) in [4.78, 5) is 32.2. The molecule has 1 unspecified atom stereocenters.